The summed E-state index contributed by atoms with van der Waals surface area (Å²) >= 11 is 5.88. The summed E-state index contributed by atoms with van der Waals surface area (Å²) in [5.41, 5.74) is 6.30. The molecule has 0 radical (unpaired) electrons. The molecule has 0 aromatic heterocycles. The first-order chi connectivity index (χ1) is 10.0. The minimum atomic E-state index is -0.795. The molecule has 0 amide bonds. The molecule has 21 heavy (non-hydrogen) atoms. The molecule has 0 saturated heterocycles. The van der Waals surface area contributed by atoms with Crippen LogP contribution in [-0.4, -0.2) is 7.11 Å². The fraction of sp³-hybridized carbons (Fsp3) is 0.200. The predicted octanol–water partition coefficient (Wildman–Crippen LogP) is 3.66. The van der Waals surface area contributed by atoms with Crippen LogP contribution in [0.5, 0.6) is 11.5 Å². The number of rotatable bonds is 5. The Morgan fingerprint density at radius 3 is 2.38 bits per heavy atom. The van der Waals surface area contributed by atoms with Crippen LogP contribution in [0.2, 0.25) is 5.02 Å². The van der Waals surface area contributed by atoms with E-state index in [1.54, 1.807) is 18.2 Å². The van der Waals surface area contributed by atoms with E-state index < -0.39 is 17.4 Å². The lowest BCUT2D eigenvalue weighted by Crippen LogP contribution is -2.04. The summed E-state index contributed by atoms with van der Waals surface area (Å²) in [6, 6.07) is 7.22. The Balaban J connectivity index is 2.22. The van der Waals surface area contributed by atoms with E-state index in [4.69, 9.17) is 26.8 Å². The molecular formula is C15H14ClF2NO2. The Kier molecular flexibility index (Phi) is 4.98. The van der Waals surface area contributed by atoms with Gasteiger partial charge in [0, 0.05) is 17.1 Å². The molecular weight excluding hydrogens is 300 g/mol. The van der Waals surface area contributed by atoms with Crippen LogP contribution in [0.15, 0.2) is 30.3 Å². The average molecular weight is 314 g/mol. The molecule has 0 aliphatic heterocycles. The third kappa shape index (κ3) is 3.62. The van der Waals surface area contributed by atoms with E-state index in [1.165, 1.54) is 7.11 Å². The van der Waals surface area contributed by atoms with Crippen molar-refractivity contribution in [2.75, 3.05) is 7.11 Å². The van der Waals surface area contributed by atoms with Crippen molar-refractivity contribution in [1.29, 1.82) is 0 Å². The van der Waals surface area contributed by atoms with E-state index >= 15 is 0 Å². The highest BCUT2D eigenvalue weighted by molar-refractivity contribution is 6.30. The topological polar surface area (TPSA) is 44.5 Å². The number of nitrogens with two attached hydrogens (primary N) is 1. The quantitative estimate of drug-likeness (QED) is 0.916. The second-order valence-electron chi connectivity index (χ2n) is 4.34. The van der Waals surface area contributed by atoms with E-state index in [9.17, 15) is 8.78 Å². The number of benzene rings is 2. The number of ether oxygens (including phenoxy) is 2. The van der Waals surface area contributed by atoms with Gasteiger partial charge in [0.2, 0.25) is 0 Å². The molecule has 0 unspecified atom stereocenters. The normalized spacial score (nSPS) is 10.5. The van der Waals surface area contributed by atoms with Gasteiger partial charge in [0.1, 0.15) is 12.4 Å². The van der Waals surface area contributed by atoms with E-state index in [0.717, 1.165) is 12.1 Å². The second kappa shape index (κ2) is 6.74. The van der Waals surface area contributed by atoms with Crippen LogP contribution in [0.4, 0.5) is 8.78 Å². The van der Waals surface area contributed by atoms with Crippen molar-refractivity contribution < 1.29 is 18.3 Å². The molecule has 112 valence electrons. The van der Waals surface area contributed by atoms with E-state index in [1.807, 2.05) is 0 Å². The summed E-state index contributed by atoms with van der Waals surface area (Å²) in [5.74, 6) is -1.51. The molecule has 2 aromatic rings. The van der Waals surface area contributed by atoms with Crippen LogP contribution in [-0.2, 0) is 13.2 Å². The number of halogens is 3. The average Bonchev–Trinajstić information content (AvgIpc) is 2.46. The summed E-state index contributed by atoms with van der Waals surface area (Å²) < 4.78 is 37.9. The van der Waals surface area contributed by atoms with Gasteiger partial charge in [-0.1, -0.05) is 11.6 Å². The van der Waals surface area contributed by atoms with Crippen molar-refractivity contribution in [3.63, 3.8) is 0 Å². The Hall–Kier alpha value is -1.85. The van der Waals surface area contributed by atoms with Crippen molar-refractivity contribution in [3.8, 4) is 11.5 Å². The maximum atomic E-state index is 13.8. The summed E-state index contributed by atoms with van der Waals surface area (Å²) in [6.07, 6.45) is 0. The second-order valence-corrected chi connectivity index (χ2v) is 4.77. The maximum absolute atomic E-state index is 13.8. The highest BCUT2D eigenvalue weighted by Gasteiger charge is 2.14. The molecule has 0 aliphatic carbocycles. The fourth-order valence-corrected chi connectivity index (χ4v) is 2.07. The zero-order chi connectivity index (χ0) is 15.4. The molecule has 0 atom stereocenters. The van der Waals surface area contributed by atoms with Gasteiger partial charge in [-0.25, -0.2) is 8.78 Å². The van der Waals surface area contributed by atoms with Gasteiger partial charge in [-0.2, -0.15) is 0 Å². The predicted molar refractivity (Wildman–Crippen MR) is 76.6 cm³/mol. The first-order valence-electron chi connectivity index (χ1n) is 6.18. The van der Waals surface area contributed by atoms with Crippen LogP contribution in [0, 0.1) is 11.6 Å². The molecule has 0 heterocycles. The van der Waals surface area contributed by atoms with Crippen LogP contribution < -0.4 is 15.2 Å². The lowest BCUT2D eigenvalue weighted by atomic mass is 10.2. The number of hydrogen-bond donors (Lipinski definition) is 1. The third-order valence-corrected chi connectivity index (χ3v) is 3.14. The van der Waals surface area contributed by atoms with Crippen LogP contribution in [0.1, 0.15) is 11.1 Å². The lowest BCUT2D eigenvalue weighted by molar-refractivity contribution is 0.267. The molecule has 2 aromatic carbocycles. The van der Waals surface area contributed by atoms with Gasteiger partial charge < -0.3 is 15.2 Å². The smallest absolute Gasteiger partial charge is 0.191 e. The molecule has 0 bridgehead atoms. The fourth-order valence-electron chi connectivity index (χ4n) is 1.88. The highest BCUT2D eigenvalue weighted by Crippen LogP contribution is 2.27. The zero-order valence-corrected chi connectivity index (χ0v) is 12.1. The zero-order valence-electron chi connectivity index (χ0n) is 11.3. The van der Waals surface area contributed by atoms with Crippen molar-refractivity contribution in [2.45, 2.75) is 13.2 Å². The van der Waals surface area contributed by atoms with Gasteiger partial charge in [0.15, 0.2) is 17.4 Å². The molecule has 6 heteroatoms. The summed E-state index contributed by atoms with van der Waals surface area (Å²) in [7, 11) is 1.49. The summed E-state index contributed by atoms with van der Waals surface area (Å²) in [5, 5.41) is 0.480. The lowest BCUT2D eigenvalue weighted by Gasteiger charge is -2.12. The standard InChI is InChI=1S/C15H14ClF2NO2/c1-20-14-3-2-11(16)6-10(14)8-21-15-12(17)4-9(7-19)5-13(15)18/h2-6H,7-8,19H2,1H3. The monoisotopic (exact) mass is 313 g/mol. The third-order valence-electron chi connectivity index (χ3n) is 2.91. The first kappa shape index (κ1) is 15.5. The highest BCUT2D eigenvalue weighted by atomic mass is 35.5. The maximum Gasteiger partial charge on any atom is 0.191 e. The van der Waals surface area contributed by atoms with Gasteiger partial charge in [0.25, 0.3) is 0 Å². The molecule has 2 N–H and O–H groups in total. The van der Waals surface area contributed by atoms with Crippen molar-refractivity contribution in [3.05, 3.63) is 58.1 Å². The Labute approximate surface area is 126 Å². The Morgan fingerprint density at radius 2 is 1.81 bits per heavy atom. The van der Waals surface area contributed by atoms with Gasteiger partial charge in [-0.3, -0.25) is 0 Å². The van der Waals surface area contributed by atoms with Gasteiger partial charge in [0.05, 0.1) is 7.11 Å². The minimum Gasteiger partial charge on any atom is -0.496 e. The largest absolute Gasteiger partial charge is 0.496 e. The summed E-state index contributed by atoms with van der Waals surface area (Å²) in [4.78, 5) is 0. The Bertz CT molecular complexity index is 627. The van der Waals surface area contributed by atoms with E-state index in [2.05, 4.69) is 0 Å². The Morgan fingerprint density at radius 1 is 1.14 bits per heavy atom. The van der Waals surface area contributed by atoms with Crippen molar-refractivity contribution in [2.24, 2.45) is 5.73 Å². The molecule has 3 nitrogen and oxygen atoms in total. The van der Waals surface area contributed by atoms with E-state index in [0.29, 0.717) is 21.9 Å². The molecule has 0 fully saturated rings. The number of methoxy groups -OCH3 is 1. The van der Waals surface area contributed by atoms with Crippen molar-refractivity contribution >= 4 is 11.6 Å². The van der Waals surface area contributed by atoms with Crippen LogP contribution >= 0.6 is 11.6 Å². The van der Waals surface area contributed by atoms with Crippen LogP contribution in [0.3, 0.4) is 0 Å². The van der Waals surface area contributed by atoms with E-state index in [-0.39, 0.29) is 13.2 Å². The molecule has 2 rings (SSSR count). The van der Waals surface area contributed by atoms with Gasteiger partial charge in [-0.15, -0.1) is 0 Å². The van der Waals surface area contributed by atoms with Gasteiger partial charge >= 0.3 is 0 Å². The van der Waals surface area contributed by atoms with Crippen molar-refractivity contribution in [1.82, 2.24) is 0 Å². The number of hydrogen-bond acceptors (Lipinski definition) is 3. The first-order valence-corrected chi connectivity index (χ1v) is 6.56. The minimum absolute atomic E-state index is 0.0518. The molecule has 0 saturated carbocycles. The van der Waals surface area contributed by atoms with Gasteiger partial charge in [-0.05, 0) is 35.9 Å². The molecule has 0 aliphatic rings. The summed E-state index contributed by atoms with van der Waals surface area (Å²) in [6.45, 7) is -0.0181. The molecule has 0 spiro atoms. The van der Waals surface area contributed by atoms with Crippen LogP contribution in [0.25, 0.3) is 0 Å². The SMILES string of the molecule is COc1ccc(Cl)cc1COc1c(F)cc(CN)cc1F.